The van der Waals surface area contributed by atoms with Crippen LogP contribution in [0.1, 0.15) is 25.8 Å². The first-order valence-electron chi connectivity index (χ1n) is 6.18. The maximum Gasteiger partial charge on any atom is 0.230 e. The van der Waals surface area contributed by atoms with Gasteiger partial charge in [-0.15, -0.1) is 0 Å². The molecule has 0 heterocycles. The molecule has 100 valence electrons. The van der Waals surface area contributed by atoms with E-state index in [1.807, 2.05) is 45.2 Å². The van der Waals surface area contributed by atoms with E-state index >= 15 is 0 Å². The van der Waals surface area contributed by atoms with E-state index in [1.54, 1.807) is 0 Å². The van der Waals surface area contributed by atoms with E-state index < -0.39 is 5.41 Å². The maximum absolute atomic E-state index is 12.2. The van der Waals surface area contributed by atoms with Crippen LogP contribution in [0.25, 0.3) is 0 Å². The molecule has 0 fully saturated rings. The summed E-state index contributed by atoms with van der Waals surface area (Å²) in [6.07, 6.45) is 0.918. The fourth-order valence-electron chi connectivity index (χ4n) is 1.78. The molecule has 0 atom stereocenters. The highest BCUT2D eigenvalue weighted by Gasteiger charge is 2.31. The van der Waals surface area contributed by atoms with Crippen molar-refractivity contribution in [1.29, 1.82) is 0 Å². The molecule has 1 amide bonds. The third-order valence-electron chi connectivity index (χ3n) is 3.00. The lowest BCUT2D eigenvalue weighted by Crippen LogP contribution is -2.41. The van der Waals surface area contributed by atoms with Crippen molar-refractivity contribution >= 4 is 17.5 Å². The number of hydrogen-bond acceptors (Lipinski definition) is 2. The van der Waals surface area contributed by atoms with Gasteiger partial charge in [0.25, 0.3) is 0 Å². The second kappa shape index (κ2) is 6.76. The Morgan fingerprint density at radius 3 is 2.56 bits per heavy atom. The molecule has 3 nitrogen and oxygen atoms in total. The van der Waals surface area contributed by atoms with E-state index in [0.29, 0.717) is 11.6 Å². The van der Waals surface area contributed by atoms with Gasteiger partial charge in [-0.25, -0.2) is 0 Å². The molecule has 0 aliphatic carbocycles. The SMILES string of the molecule is CNCCCNC(=O)C(C)(C)c1ccccc1Cl. The highest BCUT2D eigenvalue weighted by molar-refractivity contribution is 6.31. The average Bonchev–Trinajstić information content (AvgIpc) is 2.34. The van der Waals surface area contributed by atoms with Crippen molar-refractivity contribution in [3.63, 3.8) is 0 Å². The van der Waals surface area contributed by atoms with Gasteiger partial charge in [-0.1, -0.05) is 29.8 Å². The Hall–Kier alpha value is -1.06. The summed E-state index contributed by atoms with van der Waals surface area (Å²) >= 11 is 6.15. The van der Waals surface area contributed by atoms with Gasteiger partial charge in [0.1, 0.15) is 0 Å². The lowest BCUT2D eigenvalue weighted by atomic mass is 9.83. The lowest BCUT2D eigenvalue weighted by molar-refractivity contribution is -0.125. The van der Waals surface area contributed by atoms with Crippen molar-refractivity contribution < 1.29 is 4.79 Å². The molecule has 4 heteroatoms. The summed E-state index contributed by atoms with van der Waals surface area (Å²) in [5, 5.41) is 6.63. The predicted molar refractivity (Wildman–Crippen MR) is 76.0 cm³/mol. The third-order valence-corrected chi connectivity index (χ3v) is 3.33. The zero-order chi connectivity index (χ0) is 13.6. The number of nitrogens with one attached hydrogen (secondary N) is 2. The maximum atomic E-state index is 12.2. The first kappa shape index (κ1) is 15.0. The van der Waals surface area contributed by atoms with Gasteiger partial charge in [0.2, 0.25) is 5.91 Å². The van der Waals surface area contributed by atoms with E-state index in [9.17, 15) is 4.79 Å². The van der Waals surface area contributed by atoms with Gasteiger partial charge in [0.05, 0.1) is 5.41 Å². The van der Waals surface area contributed by atoms with Crippen LogP contribution in [0.3, 0.4) is 0 Å². The van der Waals surface area contributed by atoms with Gasteiger partial charge >= 0.3 is 0 Å². The fraction of sp³-hybridized carbons (Fsp3) is 0.500. The second-order valence-corrected chi connectivity index (χ2v) is 5.23. The Morgan fingerprint density at radius 1 is 1.28 bits per heavy atom. The van der Waals surface area contributed by atoms with E-state index in [2.05, 4.69) is 10.6 Å². The number of halogens is 1. The zero-order valence-electron chi connectivity index (χ0n) is 11.2. The van der Waals surface area contributed by atoms with Crippen LogP contribution in [0, 0.1) is 0 Å². The highest BCUT2D eigenvalue weighted by Crippen LogP contribution is 2.29. The number of rotatable bonds is 6. The van der Waals surface area contributed by atoms with Gasteiger partial charge in [-0.05, 0) is 45.5 Å². The fourth-order valence-corrected chi connectivity index (χ4v) is 2.15. The van der Waals surface area contributed by atoms with Crippen LogP contribution in [0.15, 0.2) is 24.3 Å². The lowest BCUT2D eigenvalue weighted by Gasteiger charge is -2.25. The molecule has 0 bridgehead atoms. The van der Waals surface area contributed by atoms with Crippen LogP contribution in [-0.4, -0.2) is 26.0 Å². The number of amides is 1. The second-order valence-electron chi connectivity index (χ2n) is 4.82. The summed E-state index contributed by atoms with van der Waals surface area (Å²) < 4.78 is 0. The van der Waals surface area contributed by atoms with E-state index in [1.165, 1.54) is 0 Å². The van der Waals surface area contributed by atoms with Crippen LogP contribution >= 0.6 is 11.6 Å². The van der Waals surface area contributed by atoms with Crippen molar-refractivity contribution in [2.24, 2.45) is 0 Å². The van der Waals surface area contributed by atoms with Crippen molar-refractivity contribution in [2.75, 3.05) is 20.1 Å². The van der Waals surface area contributed by atoms with E-state index in [4.69, 9.17) is 11.6 Å². The minimum Gasteiger partial charge on any atom is -0.355 e. The molecule has 0 saturated heterocycles. The molecule has 1 rings (SSSR count). The van der Waals surface area contributed by atoms with Crippen LogP contribution in [0.2, 0.25) is 5.02 Å². The largest absolute Gasteiger partial charge is 0.355 e. The summed E-state index contributed by atoms with van der Waals surface area (Å²) in [5.74, 6) is 0.00621. The molecule has 18 heavy (non-hydrogen) atoms. The molecule has 1 aromatic rings. The standard InChI is InChI=1S/C14H21ClN2O/c1-14(2,11-7-4-5-8-12(11)15)13(18)17-10-6-9-16-3/h4-5,7-8,16H,6,9-10H2,1-3H3,(H,17,18). The van der Waals surface area contributed by atoms with Gasteiger partial charge < -0.3 is 10.6 Å². The molecule has 0 aliphatic rings. The summed E-state index contributed by atoms with van der Waals surface area (Å²) in [5.41, 5.74) is 0.246. The molecule has 0 radical (unpaired) electrons. The minimum atomic E-state index is -0.613. The van der Waals surface area contributed by atoms with Crippen molar-refractivity contribution in [3.05, 3.63) is 34.9 Å². The Labute approximate surface area is 114 Å². The van der Waals surface area contributed by atoms with Gasteiger partial charge in [-0.3, -0.25) is 4.79 Å². The highest BCUT2D eigenvalue weighted by atomic mass is 35.5. The molecular weight excluding hydrogens is 248 g/mol. The Bertz CT molecular complexity index is 405. The van der Waals surface area contributed by atoms with Crippen molar-refractivity contribution in [3.8, 4) is 0 Å². The predicted octanol–water partition coefficient (Wildman–Crippen LogP) is 2.34. The van der Waals surface area contributed by atoms with Crippen molar-refractivity contribution in [1.82, 2.24) is 10.6 Å². The molecule has 2 N–H and O–H groups in total. The van der Waals surface area contributed by atoms with Gasteiger partial charge in [-0.2, -0.15) is 0 Å². The number of carbonyl (C=O) groups excluding carboxylic acids is 1. The molecule has 0 spiro atoms. The van der Waals surface area contributed by atoms with Crippen LogP contribution < -0.4 is 10.6 Å². The van der Waals surface area contributed by atoms with E-state index in [-0.39, 0.29) is 5.91 Å². The van der Waals surface area contributed by atoms with Crippen LogP contribution in [0.4, 0.5) is 0 Å². The molecule has 0 aromatic heterocycles. The Kier molecular flexibility index (Phi) is 5.63. The van der Waals surface area contributed by atoms with Crippen LogP contribution in [-0.2, 0) is 10.2 Å². The summed E-state index contributed by atoms with van der Waals surface area (Å²) in [7, 11) is 1.90. The molecule has 1 aromatic carbocycles. The first-order chi connectivity index (χ1) is 8.50. The number of benzene rings is 1. The first-order valence-corrected chi connectivity index (χ1v) is 6.56. The quantitative estimate of drug-likeness (QED) is 0.778. The van der Waals surface area contributed by atoms with Crippen LogP contribution in [0.5, 0.6) is 0 Å². The molecule has 0 aliphatic heterocycles. The summed E-state index contributed by atoms with van der Waals surface area (Å²) in [4.78, 5) is 12.2. The van der Waals surface area contributed by atoms with Crippen molar-refractivity contribution in [2.45, 2.75) is 25.7 Å². The minimum absolute atomic E-state index is 0.00621. The normalized spacial score (nSPS) is 11.3. The molecule has 0 saturated carbocycles. The smallest absolute Gasteiger partial charge is 0.230 e. The zero-order valence-corrected chi connectivity index (χ0v) is 12.0. The number of carbonyl (C=O) groups is 1. The Morgan fingerprint density at radius 2 is 1.94 bits per heavy atom. The topological polar surface area (TPSA) is 41.1 Å². The Balaban J connectivity index is 2.68. The average molecular weight is 269 g/mol. The monoisotopic (exact) mass is 268 g/mol. The van der Waals surface area contributed by atoms with Gasteiger partial charge in [0.15, 0.2) is 0 Å². The van der Waals surface area contributed by atoms with Gasteiger partial charge in [0, 0.05) is 11.6 Å². The molecule has 0 unspecified atom stereocenters. The summed E-state index contributed by atoms with van der Waals surface area (Å²) in [6.45, 7) is 5.35. The third kappa shape index (κ3) is 3.72. The van der Waals surface area contributed by atoms with E-state index in [0.717, 1.165) is 18.5 Å². The molecular formula is C14H21ClN2O. The summed E-state index contributed by atoms with van der Waals surface area (Å²) in [6, 6.07) is 7.48. The number of hydrogen-bond donors (Lipinski definition) is 2.